The van der Waals surface area contributed by atoms with Gasteiger partial charge in [0.2, 0.25) is 5.91 Å². The van der Waals surface area contributed by atoms with E-state index < -0.39 is 6.04 Å². The molecular formula is C20H26N2O2. The molecule has 0 radical (unpaired) electrons. The number of hydrogen-bond donors (Lipinski definition) is 2. The summed E-state index contributed by atoms with van der Waals surface area (Å²) in [6.07, 6.45) is 0.683. The highest BCUT2D eigenvalue weighted by atomic mass is 16.5. The fourth-order valence-electron chi connectivity index (χ4n) is 2.47. The van der Waals surface area contributed by atoms with Gasteiger partial charge in [0.15, 0.2) is 0 Å². The molecule has 4 nitrogen and oxygen atoms in total. The van der Waals surface area contributed by atoms with Gasteiger partial charge < -0.3 is 15.8 Å². The molecule has 24 heavy (non-hydrogen) atoms. The van der Waals surface area contributed by atoms with Crippen LogP contribution < -0.4 is 15.8 Å². The molecule has 0 aliphatic heterocycles. The van der Waals surface area contributed by atoms with Crippen molar-refractivity contribution in [2.75, 3.05) is 0 Å². The zero-order chi connectivity index (χ0) is 17.5. The lowest BCUT2D eigenvalue weighted by molar-refractivity contribution is -0.123. The number of ether oxygens (including phenoxy) is 1. The summed E-state index contributed by atoms with van der Waals surface area (Å²) < 4.78 is 5.77. The quantitative estimate of drug-likeness (QED) is 0.807. The second-order valence-electron chi connectivity index (χ2n) is 6.45. The van der Waals surface area contributed by atoms with Crippen molar-refractivity contribution in [3.05, 3.63) is 60.2 Å². The molecule has 2 aromatic carbocycles. The van der Waals surface area contributed by atoms with Crippen LogP contribution in [0.4, 0.5) is 0 Å². The molecule has 3 N–H and O–H groups in total. The van der Waals surface area contributed by atoms with Gasteiger partial charge in [-0.3, -0.25) is 4.79 Å². The van der Waals surface area contributed by atoms with Crippen LogP contribution in [0.15, 0.2) is 54.6 Å². The Morgan fingerprint density at radius 2 is 1.58 bits per heavy atom. The minimum atomic E-state index is -0.465. The molecule has 2 atom stereocenters. The summed E-state index contributed by atoms with van der Waals surface area (Å²) in [4.78, 5) is 12.1. The smallest absolute Gasteiger partial charge is 0.237 e. The number of amides is 1. The maximum absolute atomic E-state index is 12.1. The second-order valence-corrected chi connectivity index (χ2v) is 6.45. The molecule has 0 unspecified atom stereocenters. The minimum Gasteiger partial charge on any atom is -0.457 e. The molecule has 0 heterocycles. The van der Waals surface area contributed by atoms with Crippen molar-refractivity contribution >= 4 is 5.91 Å². The van der Waals surface area contributed by atoms with Crippen LogP contribution in [-0.4, -0.2) is 11.9 Å². The number of hydrogen-bond acceptors (Lipinski definition) is 3. The highest BCUT2D eigenvalue weighted by molar-refractivity contribution is 5.81. The van der Waals surface area contributed by atoms with Crippen molar-refractivity contribution in [1.82, 2.24) is 5.32 Å². The van der Waals surface area contributed by atoms with E-state index >= 15 is 0 Å². The van der Waals surface area contributed by atoms with Gasteiger partial charge in [0.05, 0.1) is 12.1 Å². The van der Waals surface area contributed by atoms with E-state index in [0.717, 1.165) is 17.1 Å². The number of carbonyl (C=O) groups is 1. The van der Waals surface area contributed by atoms with Gasteiger partial charge in [-0.15, -0.1) is 0 Å². The first kappa shape index (κ1) is 18.0. The monoisotopic (exact) mass is 326 g/mol. The number of nitrogens with two attached hydrogens (primary N) is 1. The number of carbonyl (C=O) groups excluding carboxylic acids is 1. The average molecular weight is 326 g/mol. The first-order valence-electron chi connectivity index (χ1n) is 8.34. The van der Waals surface area contributed by atoms with Gasteiger partial charge in [0.25, 0.3) is 0 Å². The molecule has 0 saturated carbocycles. The van der Waals surface area contributed by atoms with Crippen LogP contribution in [-0.2, 0) is 4.79 Å². The Bertz CT molecular complexity index is 638. The molecule has 0 fully saturated rings. The number of rotatable bonds is 7. The molecule has 128 valence electrons. The Hall–Kier alpha value is -2.33. The van der Waals surface area contributed by atoms with Gasteiger partial charge >= 0.3 is 0 Å². The summed E-state index contributed by atoms with van der Waals surface area (Å²) in [5, 5.41) is 2.97. The zero-order valence-corrected chi connectivity index (χ0v) is 14.5. The van der Waals surface area contributed by atoms with Gasteiger partial charge in [-0.25, -0.2) is 0 Å². The largest absolute Gasteiger partial charge is 0.457 e. The van der Waals surface area contributed by atoms with E-state index in [1.54, 1.807) is 0 Å². The third-order valence-corrected chi connectivity index (χ3v) is 3.78. The van der Waals surface area contributed by atoms with Crippen LogP contribution in [0.25, 0.3) is 0 Å². The van der Waals surface area contributed by atoms with Crippen molar-refractivity contribution in [3.63, 3.8) is 0 Å². The predicted octanol–water partition coefficient (Wildman–Crippen LogP) is 4.03. The molecule has 4 heteroatoms. The van der Waals surface area contributed by atoms with Crippen LogP contribution in [0.1, 0.15) is 38.8 Å². The van der Waals surface area contributed by atoms with E-state index in [2.05, 4.69) is 19.2 Å². The van der Waals surface area contributed by atoms with E-state index in [9.17, 15) is 4.79 Å². The fraction of sp³-hybridized carbons (Fsp3) is 0.350. The Labute approximate surface area is 144 Å². The normalized spacial score (nSPS) is 13.4. The summed E-state index contributed by atoms with van der Waals surface area (Å²) in [6, 6.07) is 16.8. The third kappa shape index (κ3) is 5.39. The van der Waals surface area contributed by atoms with Crippen LogP contribution >= 0.6 is 0 Å². The SMILES string of the molecule is CC(C)C[C@@H](N)C(=O)N[C@H](C)c1ccc(Oc2ccccc2)cc1. The zero-order valence-electron chi connectivity index (χ0n) is 14.5. The van der Waals surface area contributed by atoms with Crippen molar-refractivity contribution < 1.29 is 9.53 Å². The topological polar surface area (TPSA) is 64.4 Å². The Morgan fingerprint density at radius 1 is 1.00 bits per heavy atom. The molecule has 0 aliphatic carbocycles. The number of para-hydroxylation sites is 1. The Balaban J connectivity index is 1.93. The lowest BCUT2D eigenvalue weighted by Crippen LogP contribution is -2.42. The average Bonchev–Trinajstić information content (AvgIpc) is 2.55. The molecule has 1 amide bonds. The van der Waals surface area contributed by atoms with E-state index in [0.29, 0.717) is 12.3 Å². The van der Waals surface area contributed by atoms with Crippen molar-refractivity contribution in [2.24, 2.45) is 11.7 Å². The van der Waals surface area contributed by atoms with E-state index in [4.69, 9.17) is 10.5 Å². The van der Waals surface area contributed by atoms with Gasteiger partial charge in [0, 0.05) is 0 Å². The Morgan fingerprint density at radius 3 is 2.17 bits per heavy atom. The third-order valence-electron chi connectivity index (χ3n) is 3.78. The molecule has 2 aromatic rings. The van der Waals surface area contributed by atoms with Crippen LogP contribution in [0.5, 0.6) is 11.5 Å². The minimum absolute atomic E-state index is 0.0958. The van der Waals surface area contributed by atoms with E-state index in [1.807, 2.05) is 61.5 Å². The van der Waals surface area contributed by atoms with Crippen LogP contribution in [0, 0.1) is 5.92 Å². The van der Waals surface area contributed by atoms with Crippen molar-refractivity contribution in [1.29, 1.82) is 0 Å². The lowest BCUT2D eigenvalue weighted by Gasteiger charge is -2.19. The van der Waals surface area contributed by atoms with Gasteiger partial charge in [-0.1, -0.05) is 44.2 Å². The maximum Gasteiger partial charge on any atom is 0.237 e. The summed E-state index contributed by atoms with van der Waals surface area (Å²) in [5.41, 5.74) is 6.94. The molecule has 0 bridgehead atoms. The summed E-state index contributed by atoms with van der Waals surface area (Å²) in [7, 11) is 0. The molecule has 0 spiro atoms. The molecule has 2 rings (SSSR count). The molecule has 0 aliphatic rings. The van der Waals surface area contributed by atoms with Crippen molar-refractivity contribution in [2.45, 2.75) is 39.3 Å². The predicted molar refractivity (Wildman–Crippen MR) is 96.9 cm³/mol. The number of nitrogens with one attached hydrogen (secondary N) is 1. The molecule has 0 aromatic heterocycles. The van der Waals surface area contributed by atoms with E-state index in [-0.39, 0.29) is 11.9 Å². The highest BCUT2D eigenvalue weighted by Gasteiger charge is 2.17. The maximum atomic E-state index is 12.1. The van der Waals surface area contributed by atoms with Gasteiger partial charge in [0.1, 0.15) is 11.5 Å². The lowest BCUT2D eigenvalue weighted by atomic mass is 10.0. The number of benzene rings is 2. The molecular weight excluding hydrogens is 300 g/mol. The highest BCUT2D eigenvalue weighted by Crippen LogP contribution is 2.23. The fourth-order valence-corrected chi connectivity index (χ4v) is 2.47. The first-order chi connectivity index (χ1) is 11.5. The van der Waals surface area contributed by atoms with Gasteiger partial charge in [-0.2, -0.15) is 0 Å². The molecule has 0 saturated heterocycles. The first-order valence-corrected chi connectivity index (χ1v) is 8.34. The summed E-state index contributed by atoms with van der Waals surface area (Å²) in [6.45, 7) is 6.07. The van der Waals surface area contributed by atoms with Crippen LogP contribution in [0.3, 0.4) is 0 Å². The second kappa shape index (κ2) is 8.50. The summed E-state index contributed by atoms with van der Waals surface area (Å²) >= 11 is 0. The van der Waals surface area contributed by atoms with Gasteiger partial charge in [-0.05, 0) is 49.1 Å². The van der Waals surface area contributed by atoms with E-state index in [1.165, 1.54) is 0 Å². The standard InChI is InChI=1S/C20H26N2O2/c1-14(2)13-19(21)20(23)22-15(3)16-9-11-18(12-10-16)24-17-7-5-4-6-8-17/h4-12,14-15,19H,13,21H2,1-3H3,(H,22,23)/t15-,19-/m1/s1. The van der Waals surface area contributed by atoms with Crippen LogP contribution in [0.2, 0.25) is 0 Å². The Kier molecular flexibility index (Phi) is 6.38. The summed E-state index contributed by atoms with van der Waals surface area (Å²) in [5.74, 6) is 1.85. The van der Waals surface area contributed by atoms with Crippen molar-refractivity contribution in [3.8, 4) is 11.5 Å².